The van der Waals surface area contributed by atoms with Crippen molar-refractivity contribution < 1.29 is 14.3 Å². The molecule has 4 nitrogen and oxygen atoms in total. The van der Waals surface area contributed by atoms with E-state index in [4.69, 9.17) is 9.47 Å². The standard InChI is InChI=1S/C19H21NO3/c1-22-16-8-6-15(7-9-16)19(10-11-19)13-20-18(21)14-4-3-5-17(12-14)23-2/h3-9,12H,10-11,13H2,1-2H3,(H,20,21). The van der Waals surface area contributed by atoms with Gasteiger partial charge in [-0.25, -0.2) is 0 Å². The molecular formula is C19H21NO3. The Bertz CT molecular complexity index is 690. The summed E-state index contributed by atoms with van der Waals surface area (Å²) in [4.78, 5) is 12.3. The highest BCUT2D eigenvalue weighted by Gasteiger charge is 2.44. The van der Waals surface area contributed by atoms with Crippen LogP contribution in [0.3, 0.4) is 0 Å². The Balaban J connectivity index is 1.65. The second-order valence-corrected chi connectivity index (χ2v) is 5.92. The molecule has 1 amide bonds. The molecule has 23 heavy (non-hydrogen) atoms. The average Bonchev–Trinajstić information content (AvgIpc) is 3.41. The Hall–Kier alpha value is -2.49. The minimum absolute atomic E-state index is 0.0660. The van der Waals surface area contributed by atoms with Crippen molar-refractivity contribution in [3.05, 3.63) is 59.7 Å². The van der Waals surface area contributed by atoms with E-state index >= 15 is 0 Å². The van der Waals surface area contributed by atoms with Gasteiger partial charge in [-0.05, 0) is 48.7 Å². The van der Waals surface area contributed by atoms with Gasteiger partial charge in [-0.3, -0.25) is 4.79 Å². The lowest BCUT2D eigenvalue weighted by Gasteiger charge is -2.17. The van der Waals surface area contributed by atoms with E-state index in [0.29, 0.717) is 17.9 Å². The lowest BCUT2D eigenvalue weighted by atomic mass is 9.95. The molecule has 4 heteroatoms. The predicted molar refractivity (Wildman–Crippen MR) is 89.2 cm³/mol. The van der Waals surface area contributed by atoms with Crippen LogP contribution in [0.2, 0.25) is 0 Å². The first-order chi connectivity index (χ1) is 11.2. The van der Waals surface area contributed by atoms with Crippen LogP contribution in [0.4, 0.5) is 0 Å². The third kappa shape index (κ3) is 3.31. The number of hydrogen-bond acceptors (Lipinski definition) is 3. The van der Waals surface area contributed by atoms with Gasteiger partial charge in [-0.1, -0.05) is 18.2 Å². The molecule has 3 rings (SSSR count). The third-order valence-electron chi connectivity index (χ3n) is 4.48. The molecular weight excluding hydrogens is 290 g/mol. The molecule has 0 radical (unpaired) electrons. The Kier molecular flexibility index (Phi) is 4.24. The van der Waals surface area contributed by atoms with E-state index < -0.39 is 0 Å². The monoisotopic (exact) mass is 311 g/mol. The quantitative estimate of drug-likeness (QED) is 0.891. The van der Waals surface area contributed by atoms with Gasteiger partial charge in [-0.15, -0.1) is 0 Å². The highest BCUT2D eigenvalue weighted by molar-refractivity contribution is 5.94. The SMILES string of the molecule is COc1ccc(C2(CNC(=O)c3cccc(OC)c3)CC2)cc1. The second-order valence-electron chi connectivity index (χ2n) is 5.92. The molecule has 2 aromatic carbocycles. The van der Waals surface area contributed by atoms with Crippen LogP contribution in [0.1, 0.15) is 28.8 Å². The molecule has 1 fully saturated rings. The van der Waals surface area contributed by atoms with E-state index in [1.165, 1.54) is 5.56 Å². The van der Waals surface area contributed by atoms with E-state index in [0.717, 1.165) is 18.6 Å². The largest absolute Gasteiger partial charge is 0.497 e. The van der Waals surface area contributed by atoms with Gasteiger partial charge >= 0.3 is 0 Å². The van der Waals surface area contributed by atoms with Crippen LogP contribution in [0.25, 0.3) is 0 Å². The number of hydrogen-bond donors (Lipinski definition) is 1. The van der Waals surface area contributed by atoms with Crippen molar-refractivity contribution in [1.82, 2.24) is 5.32 Å². The van der Waals surface area contributed by atoms with Crippen molar-refractivity contribution in [3.8, 4) is 11.5 Å². The first-order valence-corrected chi connectivity index (χ1v) is 7.74. The molecule has 0 heterocycles. The second kappa shape index (κ2) is 6.32. The summed E-state index contributed by atoms with van der Waals surface area (Å²) in [6.45, 7) is 0.648. The van der Waals surface area contributed by atoms with Gasteiger partial charge in [-0.2, -0.15) is 0 Å². The van der Waals surface area contributed by atoms with Gasteiger partial charge in [0.1, 0.15) is 11.5 Å². The van der Waals surface area contributed by atoms with E-state index in [-0.39, 0.29) is 11.3 Å². The fourth-order valence-corrected chi connectivity index (χ4v) is 2.78. The van der Waals surface area contributed by atoms with Crippen LogP contribution in [0, 0.1) is 0 Å². The zero-order chi connectivity index (χ0) is 16.3. The van der Waals surface area contributed by atoms with Gasteiger partial charge in [0.2, 0.25) is 0 Å². The maximum absolute atomic E-state index is 12.3. The van der Waals surface area contributed by atoms with E-state index in [1.54, 1.807) is 26.4 Å². The Morgan fingerprint density at radius 2 is 1.74 bits per heavy atom. The zero-order valence-electron chi connectivity index (χ0n) is 13.5. The molecule has 0 aromatic heterocycles. The summed E-state index contributed by atoms with van der Waals surface area (Å²) in [5.74, 6) is 1.47. The number of ether oxygens (including phenoxy) is 2. The molecule has 0 spiro atoms. The molecule has 1 saturated carbocycles. The van der Waals surface area contributed by atoms with Crippen molar-refractivity contribution in [2.24, 2.45) is 0 Å². The summed E-state index contributed by atoms with van der Waals surface area (Å²) >= 11 is 0. The maximum atomic E-state index is 12.3. The summed E-state index contributed by atoms with van der Waals surface area (Å²) in [5, 5.41) is 3.05. The third-order valence-corrected chi connectivity index (χ3v) is 4.48. The minimum atomic E-state index is -0.0660. The Labute approximate surface area is 136 Å². The highest BCUT2D eigenvalue weighted by atomic mass is 16.5. The fourth-order valence-electron chi connectivity index (χ4n) is 2.78. The molecule has 2 aromatic rings. The van der Waals surface area contributed by atoms with Crippen molar-refractivity contribution in [2.45, 2.75) is 18.3 Å². The van der Waals surface area contributed by atoms with Crippen LogP contribution in [-0.2, 0) is 5.41 Å². The number of carbonyl (C=O) groups excluding carboxylic acids is 1. The smallest absolute Gasteiger partial charge is 0.251 e. The molecule has 1 aliphatic carbocycles. The number of benzene rings is 2. The topological polar surface area (TPSA) is 47.6 Å². The number of methoxy groups -OCH3 is 2. The molecule has 0 aliphatic heterocycles. The minimum Gasteiger partial charge on any atom is -0.497 e. The van der Waals surface area contributed by atoms with Gasteiger partial charge in [0.05, 0.1) is 14.2 Å². The number of rotatable bonds is 6. The molecule has 120 valence electrons. The van der Waals surface area contributed by atoms with Gasteiger partial charge in [0.15, 0.2) is 0 Å². The van der Waals surface area contributed by atoms with Gasteiger partial charge < -0.3 is 14.8 Å². The summed E-state index contributed by atoms with van der Waals surface area (Å²) in [5.41, 5.74) is 1.94. The van der Waals surface area contributed by atoms with Crippen LogP contribution >= 0.6 is 0 Å². The van der Waals surface area contributed by atoms with Crippen LogP contribution in [0.5, 0.6) is 11.5 Å². The van der Waals surface area contributed by atoms with Crippen molar-refractivity contribution in [3.63, 3.8) is 0 Å². The molecule has 0 bridgehead atoms. The van der Waals surface area contributed by atoms with Gasteiger partial charge in [0.25, 0.3) is 5.91 Å². The summed E-state index contributed by atoms with van der Waals surface area (Å²) in [7, 11) is 3.26. The number of nitrogens with one attached hydrogen (secondary N) is 1. The van der Waals surface area contributed by atoms with E-state index in [2.05, 4.69) is 17.4 Å². The number of carbonyl (C=O) groups is 1. The van der Waals surface area contributed by atoms with Crippen LogP contribution < -0.4 is 14.8 Å². The Morgan fingerprint density at radius 3 is 2.35 bits per heavy atom. The summed E-state index contributed by atoms with van der Waals surface area (Å²) in [6.07, 6.45) is 2.19. The van der Waals surface area contributed by atoms with Crippen molar-refractivity contribution in [2.75, 3.05) is 20.8 Å². The lowest BCUT2D eigenvalue weighted by molar-refractivity contribution is 0.0949. The predicted octanol–water partition coefficient (Wildman–Crippen LogP) is 3.17. The molecule has 1 N–H and O–H groups in total. The average molecular weight is 311 g/mol. The van der Waals surface area contributed by atoms with Crippen LogP contribution in [-0.4, -0.2) is 26.7 Å². The Morgan fingerprint density at radius 1 is 1.04 bits per heavy atom. The molecule has 0 unspecified atom stereocenters. The van der Waals surface area contributed by atoms with E-state index in [9.17, 15) is 4.79 Å². The van der Waals surface area contributed by atoms with Crippen molar-refractivity contribution >= 4 is 5.91 Å². The summed E-state index contributed by atoms with van der Waals surface area (Å²) < 4.78 is 10.4. The molecule has 1 aliphatic rings. The molecule has 0 saturated heterocycles. The highest BCUT2D eigenvalue weighted by Crippen LogP contribution is 2.47. The normalized spacial score (nSPS) is 14.9. The van der Waals surface area contributed by atoms with Gasteiger partial charge in [0, 0.05) is 17.5 Å². The molecule has 0 atom stereocenters. The van der Waals surface area contributed by atoms with E-state index in [1.807, 2.05) is 24.3 Å². The first kappa shape index (κ1) is 15.4. The fraction of sp³-hybridized carbons (Fsp3) is 0.316. The lowest BCUT2D eigenvalue weighted by Crippen LogP contribution is -2.32. The first-order valence-electron chi connectivity index (χ1n) is 7.74. The van der Waals surface area contributed by atoms with Crippen LogP contribution in [0.15, 0.2) is 48.5 Å². The zero-order valence-corrected chi connectivity index (χ0v) is 13.5. The van der Waals surface area contributed by atoms with Crippen molar-refractivity contribution in [1.29, 1.82) is 0 Å². The maximum Gasteiger partial charge on any atom is 0.251 e. The number of amides is 1. The summed E-state index contributed by atoms with van der Waals surface area (Å²) in [6, 6.07) is 15.3.